The van der Waals surface area contributed by atoms with Gasteiger partial charge < -0.3 is 20.7 Å². The number of guanidine groups is 1. The number of nitrogens with one attached hydrogen (secondary N) is 3. The minimum Gasteiger partial charge on any atom is -0.444 e. The summed E-state index contributed by atoms with van der Waals surface area (Å²) in [6.45, 7) is 12.9. The van der Waals surface area contributed by atoms with Gasteiger partial charge in [0, 0.05) is 13.1 Å². The fraction of sp³-hybridized carbons (Fsp3) is 0.474. The zero-order valence-corrected chi connectivity index (χ0v) is 15.6. The van der Waals surface area contributed by atoms with E-state index in [2.05, 4.69) is 27.5 Å². The summed E-state index contributed by atoms with van der Waals surface area (Å²) >= 11 is 0. The highest BCUT2D eigenvalue weighted by Crippen LogP contribution is 2.15. The van der Waals surface area contributed by atoms with E-state index in [4.69, 9.17) is 4.74 Å². The number of amides is 1. The van der Waals surface area contributed by atoms with Crippen LogP contribution in [0.2, 0.25) is 0 Å². The number of hydrogen-bond acceptors (Lipinski definition) is 3. The Kier molecular flexibility index (Phi) is 8.53. The summed E-state index contributed by atoms with van der Waals surface area (Å²) in [4.78, 5) is 16.7. The van der Waals surface area contributed by atoms with Crippen LogP contribution in [-0.2, 0) is 4.74 Å². The quantitative estimate of drug-likeness (QED) is 0.403. The van der Waals surface area contributed by atoms with Crippen LogP contribution in [0.3, 0.4) is 0 Å². The van der Waals surface area contributed by atoms with Crippen LogP contribution in [0, 0.1) is 0 Å². The Morgan fingerprint density at radius 2 is 1.96 bits per heavy atom. The standard InChI is InChI=1S/C19H30N4O2/c1-6-13-21-17(20-7-2)22-14-16(15-11-9-8-10-12-15)23-18(24)25-19(3,4)5/h6,8-12,16H,1,7,13-14H2,2-5H3,(H,23,24)(H2,20,21,22). The largest absolute Gasteiger partial charge is 0.444 e. The molecule has 6 heteroatoms. The lowest BCUT2D eigenvalue weighted by Crippen LogP contribution is -2.39. The fourth-order valence-corrected chi connectivity index (χ4v) is 2.06. The third kappa shape index (κ3) is 8.79. The van der Waals surface area contributed by atoms with Crippen molar-refractivity contribution >= 4 is 12.1 Å². The van der Waals surface area contributed by atoms with E-state index in [1.165, 1.54) is 0 Å². The Labute approximate surface area is 150 Å². The molecular formula is C19H30N4O2. The van der Waals surface area contributed by atoms with E-state index in [0.717, 1.165) is 12.1 Å². The van der Waals surface area contributed by atoms with Crippen molar-refractivity contribution < 1.29 is 9.53 Å². The van der Waals surface area contributed by atoms with Crippen molar-refractivity contribution in [1.29, 1.82) is 0 Å². The zero-order valence-electron chi connectivity index (χ0n) is 15.6. The Balaban J connectivity index is 2.87. The minimum atomic E-state index is -0.547. The van der Waals surface area contributed by atoms with Crippen molar-refractivity contribution in [2.24, 2.45) is 4.99 Å². The van der Waals surface area contributed by atoms with Crippen LogP contribution in [0.25, 0.3) is 0 Å². The molecule has 0 bridgehead atoms. The molecule has 6 nitrogen and oxygen atoms in total. The van der Waals surface area contributed by atoms with E-state index >= 15 is 0 Å². The molecule has 0 aromatic heterocycles. The number of benzene rings is 1. The normalized spacial score (nSPS) is 12.9. The van der Waals surface area contributed by atoms with Crippen LogP contribution in [0.4, 0.5) is 4.79 Å². The van der Waals surface area contributed by atoms with E-state index in [0.29, 0.717) is 19.0 Å². The maximum atomic E-state index is 12.2. The van der Waals surface area contributed by atoms with Crippen molar-refractivity contribution in [1.82, 2.24) is 16.0 Å². The fourth-order valence-electron chi connectivity index (χ4n) is 2.06. The lowest BCUT2D eigenvalue weighted by Gasteiger charge is -2.23. The topological polar surface area (TPSA) is 74.8 Å². The zero-order chi connectivity index (χ0) is 18.7. The first kappa shape index (κ1) is 20.5. The van der Waals surface area contributed by atoms with Crippen LogP contribution < -0.4 is 16.0 Å². The van der Waals surface area contributed by atoms with Gasteiger partial charge in [-0.1, -0.05) is 36.4 Å². The summed E-state index contributed by atoms with van der Waals surface area (Å²) in [5, 5.41) is 9.21. The first-order valence-corrected chi connectivity index (χ1v) is 8.53. The monoisotopic (exact) mass is 346 g/mol. The average molecular weight is 346 g/mol. The van der Waals surface area contributed by atoms with Gasteiger partial charge >= 0.3 is 6.09 Å². The lowest BCUT2D eigenvalue weighted by molar-refractivity contribution is 0.0505. The van der Waals surface area contributed by atoms with Crippen molar-refractivity contribution in [3.63, 3.8) is 0 Å². The maximum Gasteiger partial charge on any atom is 0.408 e. The summed E-state index contributed by atoms with van der Waals surface area (Å²) < 4.78 is 5.37. The second-order valence-electron chi connectivity index (χ2n) is 6.50. The molecule has 0 saturated heterocycles. The Morgan fingerprint density at radius 1 is 1.28 bits per heavy atom. The molecule has 0 saturated carbocycles. The number of alkyl carbamates (subject to hydrolysis) is 1. The van der Waals surface area contributed by atoms with Crippen LogP contribution in [0.5, 0.6) is 0 Å². The number of carbonyl (C=O) groups is 1. The molecular weight excluding hydrogens is 316 g/mol. The van der Waals surface area contributed by atoms with E-state index in [1.807, 2.05) is 58.0 Å². The minimum absolute atomic E-state index is 0.282. The summed E-state index contributed by atoms with van der Waals surface area (Å²) in [6.07, 6.45) is 1.31. The lowest BCUT2D eigenvalue weighted by atomic mass is 10.1. The molecule has 0 aliphatic rings. The molecule has 0 spiro atoms. The number of aliphatic imine (C=N–C) groups is 1. The number of rotatable bonds is 7. The summed E-state index contributed by atoms with van der Waals surface area (Å²) in [5.74, 6) is 0.675. The van der Waals surface area contributed by atoms with E-state index < -0.39 is 11.7 Å². The third-order valence-electron chi connectivity index (χ3n) is 3.08. The molecule has 1 aromatic carbocycles. The van der Waals surface area contributed by atoms with Gasteiger partial charge in [-0.2, -0.15) is 0 Å². The van der Waals surface area contributed by atoms with Crippen LogP contribution in [0.15, 0.2) is 48.0 Å². The summed E-state index contributed by atoms with van der Waals surface area (Å²) in [5.41, 5.74) is 0.423. The second kappa shape index (κ2) is 10.4. The summed E-state index contributed by atoms with van der Waals surface area (Å²) in [6, 6.07) is 9.44. The van der Waals surface area contributed by atoms with Gasteiger partial charge in [0.25, 0.3) is 0 Å². The van der Waals surface area contributed by atoms with Crippen molar-refractivity contribution in [3.05, 3.63) is 48.6 Å². The molecule has 0 radical (unpaired) electrons. The smallest absolute Gasteiger partial charge is 0.408 e. The van der Waals surface area contributed by atoms with Gasteiger partial charge in [-0.15, -0.1) is 6.58 Å². The SMILES string of the molecule is C=CCNC(=NCC(NC(=O)OC(C)(C)C)c1ccccc1)NCC. The van der Waals surface area contributed by atoms with E-state index in [1.54, 1.807) is 6.08 Å². The van der Waals surface area contributed by atoms with Gasteiger partial charge in [-0.25, -0.2) is 4.79 Å². The number of ether oxygens (including phenoxy) is 1. The van der Waals surface area contributed by atoms with Crippen LogP contribution in [-0.4, -0.2) is 37.3 Å². The van der Waals surface area contributed by atoms with Gasteiger partial charge in [0.05, 0.1) is 12.6 Å². The van der Waals surface area contributed by atoms with Gasteiger partial charge in [0.1, 0.15) is 5.60 Å². The van der Waals surface area contributed by atoms with Crippen molar-refractivity contribution in [2.75, 3.05) is 19.6 Å². The molecule has 138 valence electrons. The van der Waals surface area contributed by atoms with Gasteiger partial charge in [0.2, 0.25) is 0 Å². The Bertz CT molecular complexity index is 565. The Hall–Kier alpha value is -2.50. The molecule has 0 heterocycles. The Morgan fingerprint density at radius 3 is 2.52 bits per heavy atom. The molecule has 0 aliphatic heterocycles. The summed E-state index contributed by atoms with van der Waals surface area (Å²) in [7, 11) is 0. The number of hydrogen-bond donors (Lipinski definition) is 3. The predicted octanol–water partition coefficient (Wildman–Crippen LogP) is 2.99. The van der Waals surface area contributed by atoms with E-state index in [9.17, 15) is 4.79 Å². The highest BCUT2D eigenvalue weighted by molar-refractivity contribution is 5.80. The molecule has 1 amide bonds. The molecule has 1 atom stereocenters. The second-order valence-corrected chi connectivity index (χ2v) is 6.50. The molecule has 1 unspecified atom stereocenters. The molecule has 3 N–H and O–H groups in total. The first-order valence-electron chi connectivity index (χ1n) is 8.53. The van der Waals surface area contributed by atoms with Gasteiger partial charge in [0.15, 0.2) is 5.96 Å². The van der Waals surface area contributed by atoms with Gasteiger partial charge in [-0.05, 0) is 33.3 Å². The van der Waals surface area contributed by atoms with Gasteiger partial charge in [-0.3, -0.25) is 4.99 Å². The van der Waals surface area contributed by atoms with Crippen LogP contribution in [0.1, 0.15) is 39.3 Å². The molecule has 1 aromatic rings. The van der Waals surface area contributed by atoms with Crippen molar-refractivity contribution in [2.45, 2.75) is 39.3 Å². The van der Waals surface area contributed by atoms with Crippen LogP contribution >= 0.6 is 0 Å². The average Bonchev–Trinajstić information content (AvgIpc) is 2.55. The number of carbonyl (C=O) groups excluding carboxylic acids is 1. The molecule has 1 rings (SSSR count). The highest BCUT2D eigenvalue weighted by Gasteiger charge is 2.20. The molecule has 0 aliphatic carbocycles. The highest BCUT2D eigenvalue weighted by atomic mass is 16.6. The number of nitrogens with zero attached hydrogens (tertiary/aromatic N) is 1. The molecule has 0 fully saturated rings. The van der Waals surface area contributed by atoms with Crippen molar-refractivity contribution in [3.8, 4) is 0 Å². The predicted molar refractivity (Wildman–Crippen MR) is 103 cm³/mol. The maximum absolute atomic E-state index is 12.2. The molecule has 25 heavy (non-hydrogen) atoms. The third-order valence-corrected chi connectivity index (χ3v) is 3.08. The first-order chi connectivity index (χ1) is 11.9. The van der Waals surface area contributed by atoms with E-state index in [-0.39, 0.29) is 6.04 Å².